The molecule has 3 rings (SSSR count). The van der Waals surface area contributed by atoms with E-state index in [-0.39, 0.29) is 11.5 Å². The Morgan fingerprint density at radius 3 is 2.96 bits per heavy atom. The molecular weight excluding hydrogens is 318 g/mol. The molecule has 0 saturated carbocycles. The molecule has 0 spiro atoms. The number of aromatic amines is 1. The van der Waals surface area contributed by atoms with Gasteiger partial charge in [-0.25, -0.2) is 4.98 Å². The Hall–Kier alpha value is -2.21. The van der Waals surface area contributed by atoms with E-state index in [0.717, 1.165) is 32.2 Å². The van der Waals surface area contributed by atoms with Gasteiger partial charge in [0, 0.05) is 20.0 Å². The highest BCUT2D eigenvalue weighted by atomic mass is 16.3. The van der Waals surface area contributed by atoms with Crippen LogP contribution in [0.3, 0.4) is 0 Å². The second kappa shape index (κ2) is 7.35. The molecule has 1 aromatic carbocycles. The Balaban J connectivity index is 1.91. The van der Waals surface area contributed by atoms with Crippen LogP contribution in [-0.2, 0) is 11.2 Å². The van der Waals surface area contributed by atoms with Crippen molar-refractivity contribution >= 4 is 16.8 Å². The first-order valence-corrected chi connectivity index (χ1v) is 8.97. The number of aryl methyl sites for hydroxylation is 1. The third-order valence-electron chi connectivity index (χ3n) is 4.97. The summed E-state index contributed by atoms with van der Waals surface area (Å²) in [5, 5.41) is 11.1. The van der Waals surface area contributed by atoms with E-state index in [2.05, 4.69) is 16.9 Å². The van der Waals surface area contributed by atoms with Crippen LogP contribution in [0.15, 0.2) is 23.0 Å². The standard InChI is InChI=1S/C19H25N3O3/c1-3-4-7-16-20-15-9-8-12(11-14(15)18(24)21-16)17(23)13-6-5-10-22(2)19(13)25/h8-9,11,13,17,23H,3-7,10H2,1-2H3,(H,20,21,24). The number of benzene rings is 1. The van der Waals surface area contributed by atoms with E-state index in [1.54, 1.807) is 30.1 Å². The Labute approximate surface area is 146 Å². The molecule has 0 bridgehead atoms. The molecule has 6 nitrogen and oxygen atoms in total. The molecule has 2 atom stereocenters. The molecule has 1 aromatic heterocycles. The summed E-state index contributed by atoms with van der Waals surface area (Å²) >= 11 is 0. The van der Waals surface area contributed by atoms with Gasteiger partial charge in [0.15, 0.2) is 0 Å². The lowest BCUT2D eigenvalue weighted by Gasteiger charge is -2.32. The Bertz CT molecular complexity index is 830. The van der Waals surface area contributed by atoms with Gasteiger partial charge in [-0.1, -0.05) is 19.4 Å². The SMILES string of the molecule is CCCCc1nc2ccc(C(O)C3CCCN(C)C3=O)cc2c(=O)[nH]1. The number of likely N-dealkylation sites (tertiary alicyclic amines) is 1. The first-order valence-electron chi connectivity index (χ1n) is 8.97. The van der Waals surface area contributed by atoms with Gasteiger partial charge in [0.25, 0.3) is 5.56 Å². The lowest BCUT2D eigenvalue weighted by Crippen LogP contribution is -2.40. The molecule has 1 fully saturated rings. The molecule has 1 amide bonds. The number of nitrogens with one attached hydrogen (secondary N) is 1. The van der Waals surface area contributed by atoms with Gasteiger partial charge in [0.05, 0.1) is 22.9 Å². The Morgan fingerprint density at radius 1 is 1.40 bits per heavy atom. The highest BCUT2D eigenvalue weighted by molar-refractivity contribution is 5.81. The average Bonchev–Trinajstić information content (AvgIpc) is 2.61. The largest absolute Gasteiger partial charge is 0.388 e. The molecule has 2 N–H and O–H groups in total. The van der Waals surface area contributed by atoms with E-state index in [1.165, 1.54) is 0 Å². The summed E-state index contributed by atoms with van der Waals surface area (Å²) in [5.74, 6) is 0.199. The molecule has 2 aromatic rings. The van der Waals surface area contributed by atoms with Crippen LogP contribution in [0.4, 0.5) is 0 Å². The fourth-order valence-corrected chi connectivity index (χ4v) is 3.44. The van der Waals surface area contributed by atoms with Gasteiger partial charge < -0.3 is 15.0 Å². The Kier molecular flexibility index (Phi) is 5.18. The number of H-pyrrole nitrogens is 1. The molecule has 6 heteroatoms. The highest BCUT2D eigenvalue weighted by Crippen LogP contribution is 2.31. The van der Waals surface area contributed by atoms with Gasteiger partial charge in [0.2, 0.25) is 5.91 Å². The van der Waals surface area contributed by atoms with E-state index in [1.807, 2.05) is 0 Å². The zero-order valence-corrected chi connectivity index (χ0v) is 14.8. The Morgan fingerprint density at radius 2 is 2.20 bits per heavy atom. The van der Waals surface area contributed by atoms with Crippen LogP contribution in [0.2, 0.25) is 0 Å². The minimum absolute atomic E-state index is 0.0409. The number of amides is 1. The third-order valence-corrected chi connectivity index (χ3v) is 4.97. The predicted molar refractivity (Wildman–Crippen MR) is 96.3 cm³/mol. The van der Waals surface area contributed by atoms with Crippen molar-refractivity contribution in [2.24, 2.45) is 5.92 Å². The first-order chi connectivity index (χ1) is 12.0. The average molecular weight is 343 g/mol. The second-order valence-electron chi connectivity index (χ2n) is 6.85. The summed E-state index contributed by atoms with van der Waals surface area (Å²) in [4.78, 5) is 33.7. The molecule has 25 heavy (non-hydrogen) atoms. The minimum atomic E-state index is -0.904. The van der Waals surface area contributed by atoms with Crippen LogP contribution in [0.5, 0.6) is 0 Å². The van der Waals surface area contributed by atoms with Gasteiger partial charge in [-0.15, -0.1) is 0 Å². The molecule has 1 aliphatic heterocycles. The molecule has 0 aliphatic carbocycles. The topological polar surface area (TPSA) is 86.3 Å². The van der Waals surface area contributed by atoms with Crippen molar-refractivity contribution in [3.05, 3.63) is 39.9 Å². The van der Waals surface area contributed by atoms with E-state index in [9.17, 15) is 14.7 Å². The van der Waals surface area contributed by atoms with Crippen molar-refractivity contribution in [1.29, 1.82) is 0 Å². The number of fused-ring (bicyclic) bond motifs is 1. The fraction of sp³-hybridized carbons (Fsp3) is 0.526. The minimum Gasteiger partial charge on any atom is -0.388 e. The third kappa shape index (κ3) is 3.58. The van der Waals surface area contributed by atoms with Crippen LogP contribution < -0.4 is 5.56 Å². The summed E-state index contributed by atoms with van der Waals surface area (Å²) in [7, 11) is 1.76. The molecule has 2 heterocycles. The lowest BCUT2D eigenvalue weighted by molar-refractivity contribution is -0.141. The predicted octanol–water partition coefficient (Wildman–Crippen LogP) is 2.17. The number of carbonyl (C=O) groups is 1. The van der Waals surface area contributed by atoms with Gasteiger partial charge in [0.1, 0.15) is 5.82 Å². The number of carbonyl (C=O) groups excluding carboxylic acids is 1. The number of nitrogens with zero attached hydrogens (tertiary/aromatic N) is 2. The van der Waals surface area contributed by atoms with E-state index in [4.69, 9.17) is 0 Å². The van der Waals surface area contributed by atoms with Crippen LogP contribution in [-0.4, -0.2) is 39.5 Å². The van der Waals surface area contributed by atoms with E-state index >= 15 is 0 Å². The first kappa shape index (κ1) is 17.6. The van der Waals surface area contributed by atoms with Gasteiger partial charge in [-0.3, -0.25) is 9.59 Å². The monoisotopic (exact) mass is 343 g/mol. The zero-order valence-electron chi connectivity index (χ0n) is 14.8. The van der Waals surface area contributed by atoms with E-state index in [0.29, 0.717) is 28.7 Å². The lowest BCUT2D eigenvalue weighted by atomic mass is 9.87. The maximum Gasteiger partial charge on any atom is 0.258 e. The van der Waals surface area contributed by atoms with Gasteiger partial charge >= 0.3 is 0 Å². The quantitative estimate of drug-likeness (QED) is 0.871. The van der Waals surface area contributed by atoms with Crippen molar-refractivity contribution in [3.8, 4) is 0 Å². The maximum atomic E-state index is 12.4. The highest BCUT2D eigenvalue weighted by Gasteiger charge is 2.33. The molecule has 1 aliphatic rings. The van der Waals surface area contributed by atoms with E-state index < -0.39 is 12.0 Å². The van der Waals surface area contributed by atoms with Crippen LogP contribution in [0.25, 0.3) is 10.9 Å². The van der Waals surface area contributed by atoms with Gasteiger partial charge in [-0.05, 0) is 37.0 Å². The van der Waals surface area contributed by atoms with Crippen LogP contribution >= 0.6 is 0 Å². The maximum absolute atomic E-state index is 12.4. The van der Waals surface area contributed by atoms with Crippen molar-refractivity contribution in [2.75, 3.05) is 13.6 Å². The number of unbranched alkanes of at least 4 members (excludes halogenated alkanes) is 1. The van der Waals surface area contributed by atoms with Crippen molar-refractivity contribution in [2.45, 2.75) is 45.1 Å². The molecular formula is C19H25N3O3. The smallest absolute Gasteiger partial charge is 0.258 e. The fourth-order valence-electron chi connectivity index (χ4n) is 3.44. The summed E-state index contributed by atoms with van der Waals surface area (Å²) in [6, 6.07) is 5.19. The van der Waals surface area contributed by atoms with Crippen molar-refractivity contribution in [3.63, 3.8) is 0 Å². The number of hydrogen-bond acceptors (Lipinski definition) is 4. The number of piperidine rings is 1. The van der Waals surface area contributed by atoms with Gasteiger partial charge in [-0.2, -0.15) is 0 Å². The molecule has 1 saturated heterocycles. The summed E-state index contributed by atoms with van der Waals surface area (Å²) in [6.07, 6.45) is 3.39. The van der Waals surface area contributed by atoms with Crippen LogP contribution in [0.1, 0.15) is 50.1 Å². The van der Waals surface area contributed by atoms with Crippen molar-refractivity contribution < 1.29 is 9.90 Å². The van der Waals surface area contributed by atoms with Crippen LogP contribution in [0, 0.1) is 5.92 Å². The number of rotatable bonds is 5. The number of aromatic nitrogens is 2. The normalized spacial score (nSPS) is 19.4. The summed E-state index contributed by atoms with van der Waals surface area (Å²) in [6.45, 7) is 2.82. The summed E-state index contributed by atoms with van der Waals surface area (Å²) < 4.78 is 0. The molecule has 0 radical (unpaired) electrons. The zero-order chi connectivity index (χ0) is 18.0. The number of aliphatic hydroxyl groups is 1. The van der Waals surface area contributed by atoms with Crippen molar-refractivity contribution in [1.82, 2.24) is 14.9 Å². The summed E-state index contributed by atoms with van der Waals surface area (Å²) in [5.41, 5.74) is 1.02. The number of aliphatic hydroxyl groups excluding tert-OH is 1. The second-order valence-corrected chi connectivity index (χ2v) is 6.85. The molecule has 2 unspecified atom stereocenters. The number of hydrogen-bond donors (Lipinski definition) is 2. The molecule has 134 valence electrons.